The number of aromatic nitrogens is 5. The zero-order valence-electron chi connectivity index (χ0n) is 24.8. The summed E-state index contributed by atoms with van der Waals surface area (Å²) in [4.78, 5) is 4.31. The van der Waals surface area contributed by atoms with Gasteiger partial charge in [0.2, 0.25) is 0 Å². The van der Waals surface area contributed by atoms with Crippen LogP contribution in [0.25, 0.3) is 28.3 Å². The lowest BCUT2D eigenvalue weighted by atomic mass is 10.0. The third kappa shape index (κ3) is 5.76. The zero-order valence-corrected chi connectivity index (χ0v) is 25.5. The average Bonchev–Trinajstić information content (AvgIpc) is 3.63. The number of ether oxygens (including phenoxy) is 3. The van der Waals surface area contributed by atoms with E-state index >= 15 is 0 Å². The number of aryl methyl sites for hydroxylation is 1. The third-order valence-electron chi connectivity index (χ3n) is 7.68. The molecule has 0 fully saturated rings. The number of halogens is 2. The lowest BCUT2D eigenvalue weighted by molar-refractivity contribution is 0.106. The first-order valence-electron chi connectivity index (χ1n) is 14.1. The second kappa shape index (κ2) is 12.5. The SMILES string of the molecule is COc1ccc(COCc2cc3c(-c4ccc(-n5cnc(C)c5Cl)c(OC)c4)nnc-3n([C@@H](C)c3ccc(F)cc3)c2)cc1. The summed E-state index contributed by atoms with van der Waals surface area (Å²) in [5.41, 5.74) is 6.81. The summed E-state index contributed by atoms with van der Waals surface area (Å²) < 4.78 is 34.7. The molecule has 0 amide bonds. The van der Waals surface area contributed by atoms with Gasteiger partial charge >= 0.3 is 0 Å². The number of benzene rings is 3. The van der Waals surface area contributed by atoms with E-state index in [1.807, 2.05) is 55.6 Å². The molecule has 4 aromatic rings. The number of rotatable bonds is 10. The summed E-state index contributed by atoms with van der Waals surface area (Å²) in [6, 6.07) is 22.0. The number of nitrogens with zero attached hydrogens (tertiary/aromatic N) is 5. The van der Waals surface area contributed by atoms with Crippen LogP contribution in [0.3, 0.4) is 0 Å². The summed E-state index contributed by atoms with van der Waals surface area (Å²) in [6.45, 7) is 4.71. The Hall–Kier alpha value is -4.73. The van der Waals surface area contributed by atoms with Gasteiger partial charge in [-0.1, -0.05) is 41.9 Å². The largest absolute Gasteiger partial charge is 0.497 e. The van der Waals surface area contributed by atoms with Crippen molar-refractivity contribution in [2.24, 2.45) is 0 Å². The van der Waals surface area contributed by atoms with Gasteiger partial charge in [0.05, 0.1) is 44.9 Å². The zero-order chi connectivity index (χ0) is 30.8. The highest BCUT2D eigenvalue weighted by molar-refractivity contribution is 6.30. The number of methoxy groups -OCH3 is 2. The number of hydrogen-bond donors (Lipinski definition) is 0. The van der Waals surface area contributed by atoms with Crippen molar-refractivity contribution in [3.63, 3.8) is 0 Å². The Balaban J connectivity index is 1.37. The molecule has 0 N–H and O–H groups in total. The van der Waals surface area contributed by atoms with Gasteiger partial charge < -0.3 is 18.8 Å². The van der Waals surface area contributed by atoms with Gasteiger partial charge in [0.15, 0.2) is 5.82 Å². The number of hydrogen-bond acceptors (Lipinski definition) is 6. The van der Waals surface area contributed by atoms with Crippen molar-refractivity contribution in [1.29, 1.82) is 0 Å². The van der Waals surface area contributed by atoms with E-state index in [0.717, 1.165) is 44.9 Å². The van der Waals surface area contributed by atoms with Crippen LogP contribution in [0.1, 0.15) is 35.3 Å². The van der Waals surface area contributed by atoms with Crippen molar-refractivity contribution >= 4 is 11.6 Å². The first kappa shape index (κ1) is 29.3. The fourth-order valence-electron chi connectivity index (χ4n) is 5.21. The molecule has 6 rings (SSSR count). The van der Waals surface area contributed by atoms with Crippen LogP contribution in [0.4, 0.5) is 4.39 Å². The topological polar surface area (TPSA) is 76.2 Å². The molecule has 2 aliphatic rings. The van der Waals surface area contributed by atoms with Gasteiger partial charge in [0, 0.05) is 17.3 Å². The Morgan fingerprint density at radius 2 is 1.64 bits per heavy atom. The van der Waals surface area contributed by atoms with Gasteiger partial charge in [-0.15, -0.1) is 10.2 Å². The minimum Gasteiger partial charge on any atom is -0.497 e. The van der Waals surface area contributed by atoms with E-state index in [-0.39, 0.29) is 11.9 Å². The highest BCUT2D eigenvalue weighted by Gasteiger charge is 2.24. The van der Waals surface area contributed by atoms with Crippen LogP contribution >= 0.6 is 11.6 Å². The van der Waals surface area contributed by atoms with Crippen LogP contribution in [0, 0.1) is 12.7 Å². The van der Waals surface area contributed by atoms with Crippen LogP contribution < -0.4 is 9.47 Å². The molecule has 8 nitrogen and oxygen atoms in total. The van der Waals surface area contributed by atoms with E-state index in [9.17, 15) is 4.39 Å². The van der Waals surface area contributed by atoms with E-state index in [0.29, 0.717) is 35.6 Å². The third-order valence-corrected chi connectivity index (χ3v) is 8.13. The van der Waals surface area contributed by atoms with Gasteiger partial charge in [0.1, 0.15) is 34.5 Å². The minimum absolute atomic E-state index is 0.146. The first-order valence-corrected chi connectivity index (χ1v) is 14.5. The summed E-state index contributed by atoms with van der Waals surface area (Å²) in [7, 11) is 3.26. The molecule has 0 radical (unpaired) electrons. The van der Waals surface area contributed by atoms with Gasteiger partial charge in [-0.2, -0.15) is 0 Å². The molecule has 0 aliphatic carbocycles. The normalized spacial score (nSPS) is 12.0. The molecule has 0 saturated heterocycles. The Morgan fingerprint density at radius 3 is 2.32 bits per heavy atom. The number of imidazole rings is 1. The van der Waals surface area contributed by atoms with E-state index in [2.05, 4.69) is 32.7 Å². The Morgan fingerprint density at radius 1 is 0.886 bits per heavy atom. The van der Waals surface area contributed by atoms with E-state index in [4.69, 9.17) is 25.8 Å². The van der Waals surface area contributed by atoms with Crippen LogP contribution in [0.15, 0.2) is 85.3 Å². The molecular weight excluding hydrogens is 581 g/mol. The molecule has 44 heavy (non-hydrogen) atoms. The fourth-order valence-corrected chi connectivity index (χ4v) is 5.39. The van der Waals surface area contributed by atoms with Crippen molar-refractivity contribution in [3.8, 4) is 39.8 Å². The van der Waals surface area contributed by atoms with Gasteiger partial charge in [-0.3, -0.25) is 4.57 Å². The molecule has 10 heteroatoms. The van der Waals surface area contributed by atoms with Crippen molar-refractivity contribution in [3.05, 3.63) is 119 Å². The predicted octanol–water partition coefficient (Wildman–Crippen LogP) is 7.68. The van der Waals surface area contributed by atoms with E-state index < -0.39 is 0 Å². The van der Waals surface area contributed by atoms with Gasteiger partial charge in [-0.25, -0.2) is 9.37 Å². The molecule has 0 bridgehead atoms. The van der Waals surface area contributed by atoms with Crippen LogP contribution in [0.5, 0.6) is 11.5 Å². The van der Waals surface area contributed by atoms with Crippen LogP contribution in [-0.2, 0) is 18.0 Å². The second-order valence-corrected chi connectivity index (χ2v) is 10.8. The van der Waals surface area contributed by atoms with Crippen molar-refractivity contribution in [2.75, 3.05) is 14.2 Å². The number of fused-ring (bicyclic) bond motifs is 1. The highest BCUT2D eigenvalue weighted by Crippen LogP contribution is 2.38. The fraction of sp³-hybridized carbons (Fsp3) is 0.206. The Kier molecular flexibility index (Phi) is 8.32. The smallest absolute Gasteiger partial charge is 0.165 e. The second-order valence-electron chi connectivity index (χ2n) is 10.5. The standard InChI is InChI=1S/C34H31ClFN5O3/c1-21-33(35)41(20-37-21)30-14-9-26(16-31(30)43-4)32-29-15-24(19-44-18-23-5-12-28(42-3)13-6-23)17-40(34(29)39-38-32)22(2)25-7-10-27(36)11-8-25/h5-17,20,22H,18-19H2,1-4H3/t22-/m0/s1. The number of pyridine rings is 1. The van der Waals surface area contributed by atoms with E-state index in [1.165, 1.54) is 12.1 Å². The molecule has 0 spiro atoms. The van der Waals surface area contributed by atoms with Crippen LogP contribution in [-0.4, -0.2) is 38.5 Å². The minimum atomic E-state index is -0.281. The van der Waals surface area contributed by atoms with Crippen molar-refractivity contribution in [1.82, 2.24) is 24.3 Å². The highest BCUT2D eigenvalue weighted by atomic mass is 35.5. The van der Waals surface area contributed by atoms with Gasteiger partial charge in [-0.05, 0) is 73.0 Å². The lowest BCUT2D eigenvalue weighted by Gasteiger charge is -2.21. The summed E-state index contributed by atoms with van der Waals surface area (Å²) in [5, 5.41) is 9.74. The predicted molar refractivity (Wildman–Crippen MR) is 167 cm³/mol. The summed E-state index contributed by atoms with van der Waals surface area (Å²) in [6.07, 6.45) is 3.70. The van der Waals surface area contributed by atoms with Crippen molar-refractivity contribution < 1.29 is 18.6 Å². The maximum absolute atomic E-state index is 13.7. The monoisotopic (exact) mass is 611 g/mol. The Bertz CT molecular complexity index is 1870. The summed E-state index contributed by atoms with van der Waals surface area (Å²) in [5.74, 6) is 1.83. The molecule has 224 valence electrons. The maximum Gasteiger partial charge on any atom is 0.165 e. The molecule has 2 aliphatic heterocycles. The van der Waals surface area contributed by atoms with Crippen molar-refractivity contribution in [2.45, 2.75) is 33.1 Å². The lowest BCUT2D eigenvalue weighted by Crippen LogP contribution is -2.12. The molecule has 0 saturated carbocycles. The molecule has 3 aromatic carbocycles. The average molecular weight is 612 g/mol. The molecule has 1 atom stereocenters. The first-order chi connectivity index (χ1) is 21.4. The van der Waals surface area contributed by atoms with Gasteiger partial charge in [0.25, 0.3) is 0 Å². The molecule has 3 heterocycles. The summed E-state index contributed by atoms with van der Waals surface area (Å²) >= 11 is 6.49. The maximum atomic E-state index is 13.7. The quantitative estimate of drug-likeness (QED) is 0.158. The van der Waals surface area contributed by atoms with E-state index in [1.54, 1.807) is 37.2 Å². The Labute approximate surface area is 260 Å². The van der Waals surface area contributed by atoms with Crippen LogP contribution in [0.2, 0.25) is 5.15 Å². The molecule has 1 aromatic heterocycles. The molecular formula is C34H31ClFN5O3. The molecule has 0 unspecified atom stereocenters.